The molecule has 0 aliphatic heterocycles. The zero-order chi connectivity index (χ0) is 13.7. The molecule has 0 aromatic heterocycles. The third-order valence-corrected chi connectivity index (χ3v) is 2.89. The van der Waals surface area contributed by atoms with Crippen LogP contribution in [0.4, 0.5) is 0 Å². The summed E-state index contributed by atoms with van der Waals surface area (Å²) < 4.78 is 10.9. The molecule has 19 heavy (non-hydrogen) atoms. The number of ether oxygens (including phenoxy) is 2. The van der Waals surface area contributed by atoms with Crippen molar-refractivity contribution in [3.63, 3.8) is 0 Å². The van der Waals surface area contributed by atoms with Crippen LogP contribution in [-0.4, -0.2) is 12.1 Å². The molecule has 0 saturated carbocycles. The van der Waals surface area contributed by atoms with Gasteiger partial charge >= 0.3 is 0 Å². The van der Waals surface area contributed by atoms with E-state index >= 15 is 0 Å². The van der Waals surface area contributed by atoms with Gasteiger partial charge in [0.05, 0.1) is 7.11 Å². The molecule has 0 bridgehead atoms. The summed E-state index contributed by atoms with van der Waals surface area (Å²) in [6, 6.07) is 15.2. The van der Waals surface area contributed by atoms with Gasteiger partial charge in [0, 0.05) is 5.56 Å². The molecule has 0 spiro atoms. The number of hydrogen-bond acceptors (Lipinski definition) is 3. The van der Waals surface area contributed by atoms with Crippen LogP contribution in [0.15, 0.2) is 48.5 Å². The fraction of sp³-hybridized carbons (Fsp3) is 0.133. The third-order valence-electron chi connectivity index (χ3n) is 2.66. The molecule has 4 heteroatoms. The highest BCUT2D eigenvalue weighted by Crippen LogP contribution is 2.17. The van der Waals surface area contributed by atoms with Crippen molar-refractivity contribution in [1.29, 1.82) is 0 Å². The minimum Gasteiger partial charge on any atom is -0.497 e. The Bertz CT molecular complexity index is 584. The zero-order valence-corrected chi connectivity index (χ0v) is 11.4. The maximum Gasteiger partial charge on any atom is 0.120 e. The van der Waals surface area contributed by atoms with Crippen molar-refractivity contribution in [1.82, 2.24) is 0 Å². The van der Waals surface area contributed by atoms with Gasteiger partial charge in [-0.3, -0.25) is 0 Å². The highest BCUT2D eigenvalue weighted by molar-refractivity contribution is 7.80. The molecule has 0 heterocycles. The Morgan fingerprint density at radius 1 is 1.11 bits per heavy atom. The van der Waals surface area contributed by atoms with E-state index in [0.717, 1.165) is 22.6 Å². The standard InChI is InChI=1S/C15H15NO2S/c1-17-13-6-2-4-11(8-13)10-18-14-7-3-5-12(9-14)15(16)19/h2-9H,10H2,1H3,(H2,16,19). The SMILES string of the molecule is COc1cccc(COc2cccc(C(N)=S)c2)c1. The topological polar surface area (TPSA) is 44.5 Å². The molecule has 0 amide bonds. The second-order valence-corrected chi connectivity index (χ2v) is 4.47. The summed E-state index contributed by atoms with van der Waals surface area (Å²) in [4.78, 5) is 0.367. The number of nitrogens with two attached hydrogens (primary N) is 1. The van der Waals surface area contributed by atoms with Crippen LogP contribution >= 0.6 is 12.2 Å². The fourth-order valence-corrected chi connectivity index (χ4v) is 1.80. The van der Waals surface area contributed by atoms with Crippen LogP contribution in [0.25, 0.3) is 0 Å². The van der Waals surface area contributed by atoms with Gasteiger partial charge in [-0.05, 0) is 29.8 Å². The van der Waals surface area contributed by atoms with E-state index in [-0.39, 0.29) is 0 Å². The first-order valence-corrected chi connectivity index (χ1v) is 6.25. The van der Waals surface area contributed by atoms with Gasteiger partial charge in [-0.1, -0.05) is 36.5 Å². The number of hydrogen-bond donors (Lipinski definition) is 1. The van der Waals surface area contributed by atoms with Crippen molar-refractivity contribution >= 4 is 17.2 Å². The monoisotopic (exact) mass is 273 g/mol. The van der Waals surface area contributed by atoms with Gasteiger partial charge in [0.2, 0.25) is 0 Å². The second kappa shape index (κ2) is 6.20. The quantitative estimate of drug-likeness (QED) is 0.851. The van der Waals surface area contributed by atoms with Gasteiger partial charge in [0.25, 0.3) is 0 Å². The van der Waals surface area contributed by atoms with Crippen LogP contribution < -0.4 is 15.2 Å². The van der Waals surface area contributed by atoms with Crippen molar-refractivity contribution in [2.75, 3.05) is 7.11 Å². The van der Waals surface area contributed by atoms with Crippen molar-refractivity contribution in [2.45, 2.75) is 6.61 Å². The summed E-state index contributed by atoms with van der Waals surface area (Å²) in [6.45, 7) is 0.470. The molecular weight excluding hydrogens is 258 g/mol. The third kappa shape index (κ3) is 3.69. The normalized spacial score (nSPS) is 9.95. The van der Waals surface area contributed by atoms with Crippen LogP contribution in [-0.2, 0) is 6.61 Å². The highest BCUT2D eigenvalue weighted by Gasteiger charge is 2.01. The van der Waals surface area contributed by atoms with Crippen LogP contribution in [0.5, 0.6) is 11.5 Å². The smallest absolute Gasteiger partial charge is 0.120 e. The van der Waals surface area contributed by atoms with Crippen molar-refractivity contribution < 1.29 is 9.47 Å². The maximum absolute atomic E-state index is 5.71. The molecule has 3 nitrogen and oxygen atoms in total. The molecule has 2 aromatic rings. The van der Waals surface area contributed by atoms with Crippen molar-refractivity contribution in [2.24, 2.45) is 5.73 Å². The van der Waals surface area contributed by atoms with E-state index in [9.17, 15) is 0 Å². The molecule has 0 fully saturated rings. The van der Waals surface area contributed by atoms with Gasteiger partial charge in [-0.15, -0.1) is 0 Å². The Labute approximate surface area is 118 Å². The van der Waals surface area contributed by atoms with Gasteiger partial charge in [-0.2, -0.15) is 0 Å². The van der Waals surface area contributed by atoms with E-state index in [1.165, 1.54) is 0 Å². The van der Waals surface area contributed by atoms with Crippen LogP contribution in [0.2, 0.25) is 0 Å². The lowest BCUT2D eigenvalue weighted by Gasteiger charge is -2.08. The summed E-state index contributed by atoms with van der Waals surface area (Å²) in [5.41, 5.74) is 7.43. The van der Waals surface area contributed by atoms with Crippen molar-refractivity contribution in [3.05, 3.63) is 59.7 Å². The molecule has 0 radical (unpaired) electrons. The van der Waals surface area contributed by atoms with E-state index in [1.807, 2.05) is 48.5 Å². The maximum atomic E-state index is 5.71. The Morgan fingerprint density at radius 3 is 2.58 bits per heavy atom. The lowest BCUT2D eigenvalue weighted by molar-refractivity contribution is 0.305. The second-order valence-electron chi connectivity index (χ2n) is 4.03. The van der Waals surface area contributed by atoms with Crippen molar-refractivity contribution in [3.8, 4) is 11.5 Å². The predicted molar refractivity (Wildman–Crippen MR) is 79.7 cm³/mol. The summed E-state index contributed by atoms with van der Waals surface area (Å²) in [5, 5.41) is 0. The summed E-state index contributed by atoms with van der Waals surface area (Å²) in [6.07, 6.45) is 0. The van der Waals surface area contributed by atoms with E-state index in [0.29, 0.717) is 11.6 Å². The largest absolute Gasteiger partial charge is 0.497 e. The number of methoxy groups -OCH3 is 1. The lowest BCUT2D eigenvalue weighted by Crippen LogP contribution is -2.09. The number of benzene rings is 2. The molecule has 2 aromatic carbocycles. The van der Waals surface area contributed by atoms with E-state index < -0.39 is 0 Å². The average Bonchev–Trinajstić information content (AvgIpc) is 2.45. The summed E-state index contributed by atoms with van der Waals surface area (Å²) in [5.74, 6) is 1.56. The molecule has 0 atom stereocenters. The summed E-state index contributed by atoms with van der Waals surface area (Å²) in [7, 11) is 1.64. The Kier molecular flexibility index (Phi) is 4.36. The average molecular weight is 273 g/mol. The van der Waals surface area contributed by atoms with Gasteiger partial charge < -0.3 is 15.2 Å². The van der Waals surface area contributed by atoms with E-state index in [2.05, 4.69) is 0 Å². The van der Waals surface area contributed by atoms with E-state index in [1.54, 1.807) is 7.11 Å². The number of thiocarbonyl (C=S) groups is 1. The molecule has 2 N–H and O–H groups in total. The summed E-state index contributed by atoms with van der Waals surface area (Å²) >= 11 is 4.94. The Morgan fingerprint density at radius 2 is 1.84 bits per heavy atom. The minimum absolute atomic E-state index is 0.367. The van der Waals surface area contributed by atoms with E-state index in [4.69, 9.17) is 27.4 Å². The molecule has 2 rings (SSSR count). The first kappa shape index (κ1) is 13.4. The molecule has 0 unspecified atom stereocenters. The predicted octanol–water partition coefficient (Wildman–Crippen LogP) is 2.91. The molecule has 98 valence electrons. The van der Waals surface area contributed by atoms with Crippen LogP contribution in [0.3, 0.4) is 0 Å². The first-order chi connectivity index (χ1) is 9.19. The van der Waals surface area contributed by atoms with Crippen LogP contribution in [0.1, 0.15) is 11.1 Å². The Balaban J connectivity index is 2.05. The lowest BCUT2D eigenvalue weighted by atomic mass is 10.2. The zero-order valence-electron chi connectivity index (χ0n) is 10.6. The fourth-order valence-electron chi connectivity index (χ4n) is 1.67. The number of rotatable bonds is 5. The minimum atomic E-state index is 0.367. The van der Waals surface area contributed by atoms with Gasteiger partial charge in [0.15, 0.2) is 0 Å². The molecule has 0 aliphatic rings. The van der Waals surface area contributed by atoms with Crippen LogP contribution in [0, 0.1) is 0 Å². The highest BCUT2D eigenvalue weighted by atomic mass is 32.1. The molecular formula is C15H15NO2S. The van der Waals surface area contributed by atoms with Gasteiger partial charge in [-0.25, -0.2) is 0 Å². The van der Waals surface area contributed by atoms with Gasteiger partial charge in [0.1, 0.15) is 23.1 Å². The Hall–Kier alpha value is -2.07. The molecule has 0 saturated heterocycles. The first-order valence-electron chi connectivity index (χ1n) is 5.84. The molecule has 0 aliphatic carbocycles.